The fraction of sp³-hybridized carbons (Fsp3) is 0.688. The molecule has 0 unspecified atom stereocenters. The van der Waals surface area contributed by atoms with Crippen LogP contribution < -0.4 is 5.32 Å². The second-order valence-corrected chi connectivity index (χ2v) is 7.32. The molecule has 128 valence electrons. The standard InChI is InChI=1S/C16H25N3O3S/c1-11-15(16(21)22)23-14(18-11)7-8-17-13(20)6-5-12-4-3-9-19(2)10-12/h12H,3-10H2,1-2H3,(H,17,20)(H,21,22)/t12-/m0/s1. The van der Waals surface area contributed by atoms with Crippen LogP contribution in [-0.2, 0) is 11.2 Å². The average Bonchev–Trinajstić information content (AvgIpc) is 2.86. The summed E-state index contributed by atoms with van der Waals surface area (Å²) in [7, 11) is 2.13. The van der Waals surface area contributed by atoms with E-state index in [-0.39, 0.29) is 10.8 Å². The van der Waals surface area contributed by atoms with Gasteiger partial charge in [-0.1, -0.05) is 0 Å². The van der Waals surface area contributed by atoms with Crippen LogP contribution in [-0.4, -0.2) is 53.5 Å². The maximum atomic E-state index is 11.9. The van der Waals surface area contributed by atoms with Crippen LogP contribution in [0.5, 0.6) is 0 Å². The van der Waals surface area contributed by atoms with E-state index in [2.05, 4.69) is 22.2 Å². The molecule has 2 N–H and O–H groups in total. The number of nitrogens with one attached hydrogen (secondary N) is 1. The SMILES string of the molecule is Cc1nc(CCNC(=O)CC[C@@H]2CCCN(C)C2)sc1C(=O)O. The number of aromatic carboxylic acids is 1. The zero-order valence-electron chi connectivity index (χ0n) is 13.8. The topological polar surface area (TPSA) is 82.5 Å². The molecular weight excluding hydrogens is 314 g/mol. The number of hydrogen-bond acceptors (Lipinski definition) is 5. The van der Waals surface area contributed by atoms with E-state index in [1.807, 2.05) is 0 Å². The van der Waals surface area contributed by atoms with E-state index in [0.717, 1.165) is 24.5 Å². The summed E-state index contributed by atoms with van der Waals surface area (Å²) < 4.78 is 0. The number of rotatable bonds is 7. The maximum Gasteiger partial charge on any atom is 0.347 e. The molecule has 1 atom stereocenters. The molecule has 0 radical (unpaired) electrons. The van der Waals surface area contributed by atoms with Gasteiger partial charge in [0.2, 0.25) is 5.91 Å². The number of amides is 1. The number of hydrogen-bond donors (Lipinski definition) is 2. The van der Waals surface area contributed by atoms with Gasteiger partial charge in [0.1, 0.15) is 4.88 Å². The Hall–Kier alpha value is -1.47. The second kappa shape index (κ2) is 8.40. The summed E-state index contributed by atoms with van der Waals surface area (Å²) >= 11 is 1.19. The number of aryl methyl sites for hydroxylation is 1. The molecule has 23 heavy (non-hydrogen) atoms. The molecule has 2 rings (SSSR count). The summed E-state index contributed by atoms with van der Waals surface area (Å²) in [5, 5.41) is 12.7. The zero-order valence-corrected chi connectivity index (χ0v) is 14.6. The molecule has 1 aromatic heterocycles. The summed E-state index contributed by atoms with van der Waals surface area (Å²) in [6, 6.07) is 0. The molecule has 2 heterocycles. The number of nitrogens with zero attached hydrogens (tertiary/aromatic N) is 2. The minimum atomic E-state index is -0.937. The molecule has 1 fully saturated rings. The van der Waals surface area contributed by atoms with Crippen molar-refractivity contribution < 1.29 is 14.7 Å². The molecule has 7 heteroatoms. The molecule has 0 bridgehead atoms. The molecule has 6 nitrogen and oxygen atoms in total. The molecule has 1 aliphatic heterocycles. The Kier molecular flexibility index (Phi) is 6.53. The quantitative estimate of drug-likeness (QED) is 0.793. The van der Waals surface area contributed by atoms with E-state index >= 15 is 0 Å². The molecule has 1 saturated heterocycles. The summed E-state index contributed by atoms with van der Waals surface area (Å²) in [5.74, 6) is -0.239. The Bertz CT molecular complexity index is 559. The fourth-order valence-corrected chi connectivity index (χ4v) is 3.90. The monoisotopic (exact) mass is 339 g/mol. The average molecular weight is 339 g/mol. The highest BCUT2D eigenvalue weighted by atomic mass is 32.1. The Balaban J connectivity index is 1.66. The van der Waals surface area contributed by atoms with Crippen molar-refractivity contribution >= 4 is 23.2 Å². The lowest BCUT2D eigenvalue weighted by atomic mass is 9.93. The third kappa shape index (κ3) is 5.58. The summed E-state index contributed by atoms with van der Waals surface area (Å²) in [6.45, 7) is 4.45. The minimum absolute atomic E-state index is 0.0740. The Labute approximate surface area is 140 Å². The van der Waals surface area contributed by atoms with Gasteiger partial charge >= 0.3 is 5.97 Å². The number of carbonyl (C=O) groups is 2. The lowest BCUT2D eigenvalue weighted by Crippen LogP contribution is -2.33. The predicted octanol–water partition coefficient (Wildman–Crippen LogP) is 1.93. The molecule has 1 amide bonds. The van der Waals surface area contributed by atoms with Crippen molar-refractivity contribution in [3.63, 3.8) is 0 Å². The third-order valence-electron chi connectivity index (χ3n) is 4.20. The smallest absolute Gasteiger partial charge is 0.347 e. The van der Waals surface area contributed by atoms with Gasteiger partial charge in [0.25, 0.3) is 0 Å². The third-order valence-corrected chi connectivity index (χ3v) is 5.40. The second-order valence-electron chi connectivity index (χ2n) is 6.24. The Morgan fingerprint density at radius 1 is 1.48 bits per heavy atom. The zero-order chi connectivity index (χ0) is 16.8. The van der Waals surface area contributed by atoms with Crippen LogP contribution in [0.2, 0.25) is 0 Å². The number of carboxylic acids is 1. The molecule has 0 aliphatic carbocycles. The first-order chi connectivity index (χ1) is 11.0. The maximum absolute atomic E-state index is 11.9. The van der Waals surface area contributed by atoms with Gasteiger partial charge in [0.15, 0.2) is 0 Å². The first-order valence-electron chi connectivity index (χ1n) is 8.10. The van der Waals surface area contributed by atoms with Crippen LogP contribution in [0, 0.1) is 12.8 Å². The van der Waals surface area contributed by atoms with E-state index in [1.54, 1.807) is 6.92 Å². The number of likely N-dealkylation sites (tertiary alicyclic amines) is 1. The van der Waals surface area contributed by atoms with Crippen molar-refractivity contribution in [2.45, 2.75) is 39.0 Å². The lowest BCUT2D eigenvalue weighted by Gasteiger charge is -2.29. The van der Waals surface area contributed by atoms with E-state index in [4.69, 9.17) is 5.11 Å². The number of aromatic nitrogens is 1. The van der Waals surface area contributed by atoms with Gasteiger partial charge < -0.3 is 15.3 Å². The van der Waals surface area contributed by atoms with Crippen molar-refractivity contribution in [3.8, 4) is 0 Å². The van der Waals surface area contributed by atoms with Crippen molar-refractivity contribution in [1.29, 1.82) is 0 Å². The first kappa shape index (κ1) is 17.9. The van der Waals surface area contributed by atoms with Gasteiger partial charge in [0, 0.05) is 25.9 Å². The highest BCUT2D eigenvalue weighted by Gasteiger charge is 2.18. The van der Waals surface area contributed by atoms with Gasteiger partial charge in [-0.3, -0.25) is 4.79 Å². The molecular formula is C16H25N3O3S. The molecule has 1 aromatic rings. The van der Waals surface area contributed by atoms with Crippen LogP contribution in [0.3, 0.4) is 0 Å². The van der Waals surface area contributed by atoms with Gasteiger partial charge in [-0.05, 0) is 45.7 Å². The molecule has 1 aliphatic rings. The Morgan fingerprint density at radius 3 is 2.91 bits per heavy atom. The highest BCUT2D eigenvalue weighted by molar-refractivity contribution is 7.13. The normalized spacial score (nSPS) is 18.8. The minimum Gasteiger partial charge on any atom is -0.477 e. The summed E-state index contributed by atoms with van der Waals surface area (Å²) in [4.78, 5) is 29.7. The summed E-state index contributed by atoms with van der Waals surface area (Å²) in [6.07, 6.45) is 4.52. The first-order valence-corrected chi connectivity index (χ1v) is 8.92. The van der Waals surface area contributed by atoms with Crippen molar-refractivity contribution in [2.75, 3.05) is 26.7 Å². The van der Waals surface area contributed by atoms with E-state index in [1.165, 1.54) is 24.2 Å². The van der Waals surface area contributed by atoms with E-state index in [0.29, 0.717) is 31.0 Å². The van der Waals surface area contributed by atoms with Crippen molar-refractivity contribution in [3.05, 3.63) is 15.6 Å². The van der Waals surface area contributed by atoms with Crippen LogP contribution in [0.4, 0.5) is 0 Å². The van der Waals surface area contributed by atoms with Gasteiger partial charge in [-0.15, -0.1) is 11.3 Å². The van der Waals surface area contributed by atoms with Crippen LogP contribution in [0.15, 0.2) is 0 Å². The summed E-state index contributed by atoms with van der Waals surface area (Å²) in [5.41, 5.74) is 0.547. The lowest BCUT2D eigenvalue weighted by molar-refractivity contribution is -0.121. The fourth-order valence-electron chi connectivity index (χ4n) is 3.00. The number of carbonyl (C=O) groups excluding carboxylic acids is 1. The van der Waals surface area contributed by atoms with E-state index < -0.39 is 5.97 Å². The molecule has 0 aromatic carbocycles. The molecule has 0 saturated carbocycles. The Morgan fingerprint density at radius 2 is 2.26 bits per heavy atom. The number of thiazole rings is 1. The van der Waals surface area contributed by atoms with Gasteiger partial charge in [-0.2, -0.15) is 0 Å². The number of piperidine rings is 1. The van der Waals surface area contributed by atoms with E-state index in [9.17, 15) is 9.59 Å². The van der Waals surface area contributed by atoms with Crippen LogP contribution in [0.25, 0.3) is 0 Å². The molecule has 0 spiro atoms. The van der Waals surface area contributed by atoms with Crippen molar-refractivity contribution in [1.82, 2.24) is 15.2 Å². The highest BCUT2D eigenvalue weighted by Crippen LogP contribution is 2.20. The van der Waals surface area contributed by atoms with Crippen molar-refractivity contribution in [2.24, 2.45) is 5.92 Å². The largest absolute Gasteiger partial charge is 0.477 e. The predicted molar refractivity (Wildman–Crippen MR) is 90.0 cm³/mol. The van der Waals surface area contributed by atoms with Crippen LogP contribution >= 0.6 is 11.3 Å². The van der Waals surface area contributed by atoms with Gasteiger partial charge in [-0.25, -0.2) is 9.78 Å². The van der Waals surface area contributed by atoms with Crippen LogP contribution in [0.1, 0.15) is 46.1 Å². The number of carboxylic acid groups (broad SMARTS) is 1. The van der Waals surface area contributed by atoms with Gasteiger partial charge in [0.05, 0.1) is 10.7 Å².